The third kappa shape index (κ3) is 5.24. The molecule has 1 unspecified atom stereocenters. The van der Waals surface area contributed by atoms with Gasteiger partial charge in [-0.2, -0.15) is 5.26 Å². The molecule has 0 amide bonds. The van der Waals surface area contributed by atoms with Crippen molar-refractivity contribution in [2.75, 3.05) is 17.2 Å². The molecule has 1 atom stereocenters. The molecule has 190 valence electrons. The number of anilines is 3. The Morgan fingerprint density at radius 3 is 2.58 bits per heavy atom. The maximum atomic E-state index is 13.7. The zero-order chi connectivity index (χ0) is 26.6. The van der Waals surface area contributed by atoms with E-state index < -0.39 is 5.82 Å². The Hall–Kier alpha value is -4.23. The van der Waals surface area contributed by atoms with Crippen LogP contribution < -0.4 is 16.4 Å². The lowest BCUT2D eigenvalue weighted by Gasteiger charge is -2.20. The van der Waals surface area contributed by atoms with E-state index in [-0.39, 0.29) is 16.6 Å². The lowest BCUT2D eigenvalue weighted by atomic mass is 10.0. The van der Waals surface area contributed by atoms with Crippen LogP contribution in [0.25, 0.3) is 10.9 Å². The molecule has 0 bridgehead atoms. The van der Waals surface area contributed by atoms with Gasteiger partial charge in [-0.25, -0.2) is 4.39 Å². The second kappa shape index (κ2) is 11.0. The number of halogens is 3. The van der Waals surface area contributed by atoms with Crippen molar-refractivity contribution in [2.45, 2.75) is 12.6 Å². The summed E-state index contributed by atoms with van der Waals surface area (Å²) in [5, 5.41) is 26.0. The van der Waals surface area contributed by atoms with Crippen LogP contribution in [-0.2, 0) is 6.54 Å². The second-order valence-corrected chi connectivity index (χ2v) is 9.26. The third-order valence-electron chi connectivity index (χ3n) is 5.89. The molecule has 2 heterocycles. The van der Waals surface area contributed by atoms with E-state index in [1.165, 1.54) is 24.4 Å². The molecular formula is C27H21Cl2FN8. The average Bonchev–Trinajstić information content (AvgIpc) is 3.38. The fourth-order valence-electron chi connectivity index (χ4n) is 4.11. The van der Waals surface area contributed by atoms with E-state index >= 15 is 0 Å². The van der Waals surface area contributed by atoms with Crippen LogP contribution in [0.5, 0.6) is 0 Å². The lowest BCUT2D eigenvalue weighted by molar-refractivity contribution is 0.598. The van der Waals surface area contributed by atoms with Crippen LogP contribution in [0.15, 0.2) is 73.1 Å². The maximum absolute atomic E-state index is 13.7. The smallest absolute Gasteiger partial charge is 0.141 e. The highest BCUT2D eigenvalue weighted by Gasteiger charge is 2.20. The maximum Gasteiger partial charge on any atom is 0.141 e. The van der Waals surface area contributed by atoms with Crippen LogP contribution in [0.4, 0.5) is 21.5 Å². The fourth-order valence-corrected chi connectivity index (χ4v) is 4.56. The standard InChI is InChI=1S/C27H21Cl2FN8/c28-21-11-18(6-7-23(21)30)34-25-17(13-32)14-33-27-20(25)10-19(12-22(27)29)35-26(16-4-2-1-3-5-16)24-15-38(9-8-31)37-36-24/h1-7,10-12,14-15,26,35H,8-9,31H2,(H,33,34). The summed E-state index contributed by atoms with van der Waals surface area (Å²) in [6, 6.07) is 19.5. The van der Waals surface area contributed by atoms with Crippen molar-refractivity contribution >= 4 is 51.2 Å². The van der Waals surface area contributed by atoms with Crippen LogP contribution >= 0.6 is 23.2 Å². The highest BCUT2D eigenvalue weighted by atomic mass is 35.5. The summed E-state index contributed by atoms with van der Waals surface area (Å²) >= 11 is 12.6. The molecule has 0 aliphatic heterocycles. The van der Waals surface area contributed by atoms with E-state index in [0.29, 0.717) is 51.8 Å². The van der Waals surface area contributed by atoms with Crippen molar-refractivity contribution in [1.82, 2.24) is 20.0 Å². The molecule has 3 aromatic carbocycles. The molecule has 0 aliphatic carbocycles. The summed E-state index contributed by atoms with van der Waals surface area (Å²) in [5.74, 6) is -0.540. The number of benzene rings is 3. The summed E-state index contributed by atoms with van der Waals surface area (Å²) in [7, 11) is 0. The van der Waals surface area contributed by atoms with E-state index in [9.17, 15) is 9.65 Å². The molecule has 2 aromatic heterocycles. The molecule has 38 heavy (non-hydrogen) atoms. The van der Waals surface area contributed by atoms with Gasteiger partial charge in [0.2, 0.25) is 0 Å². The van der Waals surface area contributed by atoms with Crippen LogP contribution in [-0.4, -0.2) is 26.5 Å². The SMILES string of the molecule is N#Cc1cnc2c(Cl)cc(NC(c3ccccc3)c3cn(CCN)nn3)cc2c1Nc1ccc(F)c(Cl)c1. The van der Waals surface area contributed by atoms with Crippen molar-refractivity contribution in [3.05, 3.63) is 106 Å². The number of pyridine rings is 1. The lowest BCUT2D eigenvalue weighted by Crippen LogP contribution is -2.13. The highest BCUT2D eigenvalue weighted by molar-refractivity contribution is 6.36. The number of nitriles is 1. The van der Waals surface area contributed by atoms with Crippen molar-refractivity contribution in [2.24, 2.45) is 5.73 Å². The molecule has 0 fully saturated rings. The number of hydrogen-bond acceptors (Lipinski definition) is 7. The summed E-state index contributed by atoms with van der Waals surface area (Å²) < 4.78 is 15.4. The normalized spacial score (nSPS) is 11.8. The molecular weight excluding hydrogens is 526 g/mol. The number of nitrogens with one attached hydrogen (secondary N) is 2. The van der Waals surface area contributed by atoms with Gasteiger partial charge in [0.15, 0.2) is 0 Å². The Balaban J connectivity index is 1.60. The van der Waals surface area contributed by atoms with Gasteiger partial charge in [-0.05, 0) is 35.9 Å². The van der Waals surface area contributed by atoms with E-state index in [1.54, 1.807) is 10.7 Å². The Labute approximate surface area is 227 Å². The first-order valence-electron chi connectivity index (χ1n) is 11.6. The molecule has 5 aromatic rings. The van der Waals surface area contributed by atoms with Gasteiger partial charge in [0.25, 0.3) is 0 Å². The summed E-state index contributed by atoms with van der Waals surface area (Å²) in [6.45, 7) is 0.983. The van der Waals surface area contributed by atoms with Crippen molar-refractivity contribution in [1.29, 1.82) is 5.26 Å². The number of nitrogens with two attached hydrogens (primary N) is 1. The second-order valence-electron chi connectivity index (χ2n) is 8.45. The Kier molecular flexibility index (Phi) is 7.38. The van der Waals surface area contributed by atoms with E-state index in [2.05, 4.69) is 32.0 Å². The van der Waals surface area contributed by atoms with Crippen LogP contribution in [0, 0.1) is 17.1 Å². The van der Waals surface area contributed by atoms with E-state index in [4.69, 9.17) is 28.9 Å². The third-order valence-corrected chi connectivity index (χ3v) is 6.47. The zero-order valence-corrected chi connectivity index (χ0v) is 21.4. The Morgan fingerprint density at radius 1 is 1.05 bits per heavy atom. The molecule has 4 N–H and O–H groups in total. The quantitative estimate of drug-likeness (QED) is 0.217. The predicted molar refractivity (Wildman–Crippen MR) is 147 cm³/mol. The molecule has 0 saturated heterocycles. The summed E-state index contributed by atoms with van der Waals surface area (Å²) in [5.41, 5.74) is 9.77. The van der Waals surface area contributed by atoms with E-state index in [1.807, 2.05) is 42.6 Å². The molecule has 0 radical (unpaired) electrons. The zero-order valence-electron chi connectivity index (χ0n) is 19.9. The largest absolute Gasteiger partial charge is 0.373 e. The number of rotatable bonds is 8. The first-order chi connectivity index (χ1) is 18.5. The van der Waals surface area contributed by atoms with Gasteiger partial charge in [-0.3, -0.25) is 9.67 Å². The molecule has 8 nitrogen and oxygen atoms in total. The first-order valence-corrected chi connectivity index (χ1v) is 12.4. The number of nitrogens with zero attached hydrogens (tertiary/aromatic N) is 5. The van der Waals surface area contributed by atoms with Gasteiger partial charge in [0.05, 0.1) is 45.6 Å². The highest BCUT2D eigenvalue weighted by Crippen LogP contribution is 2.37. The van der Waals surface area contributed by atoms with Gasteiger partial charge in [-0.15, -0.1) is 5.10 Å². The van der Waals surface area contributed by atoms with Gasteiger partial charge in [-0.1, -0.05) is 58.7 Å². The van der Waals surface area contributed by atoms with E-state index in [0.717, 1.165) is 5.56 Å². The minimum absolute atomic E-state index is 0.0411. The Morgan fingerprint density at radius 2 is 1.84 bits per heavy atom. The van der Waals surface area contributed by atoms with Gasteiger partial charge in [0.1, 0.15) is 17.6 Å². The average molecular weight is 547 g/mol. The van der Waals surface area contributed by atoms with Crippen LogP contribution in [0.1, 0.15) is 22.9 Å². The Bertz CT molecular complexity index is 1650. The minimum atomic E-state index is -0.540. The van der Waals surface area contributed by atoms with Crippen molar-refractivity contribution in [3.8, 4) is 6.07 Å². The van der Waals surface area contributed by atoms with Crippen molar-refractivity contribution in [3.63, 3.8) is 0 Å². The molecule has 11 heteroatoms. The molecule has 0 aliphatic rings. The van der Waals surface area contributed by atoms with Gasteiger partial charge >= 0.3 is 0 Å². The first kappa shape index (κ1) is 25.4. The number of fused-ring (bicyclic) bond motifs is 1. The topological polar surface area (TPSA) is 117 Å². The van der Waals surface area contributed by atoms with Crippen LogP contribution in [0.2, 0.25) is 10.0 Å². The fraction of sp³-hybridized carbons (Fsp3) is 0.111. The molecule has 0 spiro atoms. The molecule has 5 rings (SSSR count). The monoisotopic (exact) mass is 546 g/mol. The van der Waals surface area contributed by atoms with Gasteiger partial charge < -0.3 is 16.4 Å². The summed E-state index contributed by atoms with van der Waals surface area (Å²) in [6.07, 6.45) is 3.29. The minimum Gasteiger partial charge on any atom is -0.373 e. The van der Waals surface area contributed by atoms with Gasteiger partial charge in [0, 0.05) is 29.5 Å². The van der Waals surface area contributed by atoms with Crippen LogP contribution in [0.3, 0.4) is 0 Å². The number of aromatic nitrogens is 4. The van der Waals surface area contributed by atoms with Crippen molar-refractivity contribution < 1.29 is 4.39 Å². The predicted octanol–water partition coefficient (Wildman–Crippen LogP) is 6.05. The molecule has 0 saturated carbocycles. The number of hydrogen-bond donors (Lipinski definition) is 3. The summed E-state index contributed by atoms with van der Waals surface area (Å²) in [4.78, 5) is 4.40.